The van der Waals surface area contributed by atoms with Crippen molar-refractivity contribution in [2.45, 2.75) is 31.7 Å². The molecule has 2 aliphatic heterocycles. The molecule has 2 saturated heterocycles. The zero-order valence-electron chi connectivity index (χ0n) is 12.9. The predicted molar refractivity (Wildman–Crippen MR) is 89.7 cm³/mol. The Labute approximate surface area is 140 Å². The number of rotatable bonds is 6. The maximum atomic E-state index is 12.0. The van der Waals surface area contributed by atoms with E-state index in [0.29, 0.717) is 19.2 Å². The maximum Gasteiger partial charge on any atom is 0.236 e. The third kappa shape index (κ3) is 6.70. The number of methoxy groups -OCH3 is 1. The molecule has 0 aromatic heterocycles. The molecule has 2 fully saturated rings. The average molecular weight is 342 g/mol. The fraction of sp³-hybridized carbons (Fsp3) is 0.929. The Bertz CT molecular complexity index is 289. The molecule has 1 unspecified atom stereocenters. The number of amides is 1. The maximum absolute atomic E-state index is 12.0. The minimum absolute atomic E-state index is 0. The molecule has 2 aliphatic rings. The zero-order valence-corrected chi connectivity index (χ0v) is 14.5. The first-order chi connectivity index (χ1) is 9.31. The van der Waals surface area contributed by atoms with Crippen LogP contribution in [0, 0.1) is 0 Å². The van der Waals surface area contributed by atoms with E-state index < -0.39 is 0 Å². The van der Waals surface area contributed by atoms with Gasteiger partial charge >= 0.3 is 0 Å². The summed E-state index contributed by atoms with van der Waals surface area (Å²) in [5.74, 6) is 0.232. The number of carbonyl (C=O) groups is 1. The van der Waals surface area contributed by atoms with Gasteiger partial charge in [-0.15, -0.1) is 24.8 Å². The van der Waals surface area contributed by atoms with Crippen molar-refractivity contribution in [2.75, 3.05) is 53.0 Å². The second-order valence-electron chi connectivity index (χ2n) is 5.55. The lowest BCUT2D eigenvalue weighted by Crippen LogP contribution is -2.43. The van der Waals surface area contributed by atoms with Gasteiger partial charge in [0, 0.05) is 32.8 Å². The van der Waals surface area contributed by atoms with Gasteiger partial charge in [-0.25, -0.2) is 0 Å². The van der Waals surface area contributed by atoms with E-state index >= 15 is 0 Å². The molecular formula is C14H29Cl2N3O2. The lowest BCUT2D eigenvalue weighted by Gasteiger charge is -2.32. The van der Waals surface area contributed by atoms with Gasteiger partial charge in [-0.2, -0.15) is 0 Å². The highest BCUT2D eigenvalue weighted by molar-refractivity contribution is 5.85. The third-order valence-electron chi connectivity index (χ3n) is 4.18. The summed E-state index contributed by atoms with van der Waals surface area (Å²) in [4.78, 5) is 16.6. The van der Waals surface area contributed by atoms with E-state index in [1.165, 1.54) is 32.4 Å². The minimum Gasteiger partial charge on any atom is -0.383 e. The molecule has 2 heterocycles. The van der Waals surface area contributed by atoms with Crippen molar-refractivity contribution in [3.8, 4) is 0 Å². The molecule has 2 rings (SSSR count). The molecule has 1 amide bonds. The fourth-order valence-electron chi connectivity index (χ4n) is 3.03. The average Bonchev–Trinajstić information content (AvgIpc) is 2.94. The molecule has 0 aromatic carbocycles. The van der Waals surface area contributed by atoms with Crippen molar-refractivity contribution < 1.29 is 9.53 Å². The van der Waals surface area contributed by atoms with E-state index in [4.69, 9.17) is 4.74 Å². The summed E-state index contributed by atoms with van der Waals surface area (Å²) >= 11 is 0. The molecule has 0 aromatic rings. The van der Waals surface area contributed by atoms with E-state index in [-0.39, 0.29) is 30.7 Å². The monoisotopic (exact) mass is 341 g/mol. The van der Waals surface area contributed by atoms with Gasteiger partial charge in [-0.05, 0) is 32.4 Å². The van der Waals surface area contributed by atoms with Crippen LogP contribution in [0.3, 0.4) is 0 Å². The number of piperidine rings is 1. The third-order valence-corrected chi connectivity index (χ3v) is 4.18. The van der Waals surface area contributed by atoms with Crippen LogP contribution in [0.5, 0.6) is 0 Å². The van der Waals surface area contributed by atoms with E-state index in [2.05, 4.69) is 10.2 Å². The normalized spacial score (nSPS) is 22.5. The molecular weight excluding hydrogens is 313 g/mol. The predicted octanol–water partition coefficient (Wildman–Crippen LogP) is 1.15. The van der Waals surface area contributed by atoms with Crippen molar-refractivity contribution in [3.05, 3.63) is 0 Å². The van der Waals surface area contributed by atoms with E-state index in [9.17, 15) is 4.79 Å². The van der Waals surface area contributed by atoms with Gasteiger partial charge in [-0.3, -0.25) is 9.69 Å². The first-order valence-electron chi connectivity index (χ1n) is 7.52. The van der Waals surface area contributed by atoms with Crippen LogP contribution in [0.15, 0.2) is 0 Å². The Morgan fingerprint density at radius 1 is 1.19 bits per heavy atom. The first-order valence-corrected chi connectivity index (χ1v) is 7.52. The Morgan fingerprint density at radius 3 is 2.57 bits per heavy atom. The number of carbonyl (C=O) groups excluding carboxylic acids is 1. The molecule has 0 aliphatic carbocycles. The summed E-state index contributed by atoms with van der Waals surface area (Å²) in [5, 5.41) is 3.13. The van der Waals surface area contributed by atoms with Crippen LogP contribution >= 0.6 is 24.8 Å². The van der Waals surface area contributed by atoms with Crippen LogP contribution in [0.2, 0.25) is 0 Å². The largest absolute Gasteiger partial charge is 0.383 e. The number of hydrogen-bond acceptors (Lipinski definition) is 4. The molecule has 0 radical (unpaired) electrons. The summed E-state index contributed by atoms with van der Waals surface area (Å²) in [7, 11) is 1.67. The van der Waals surface area contributed by atoms with Crippen molar-refractivity contribution >= 4 is 30.7 Å². The van der Waals surface area contributed by atoms with Crippen molar-refractivity contribution in [2.24, 2.45) is 0 Å². The van der Waals surface area contributed by atoms with Gasteiger partial charge in [0.2, 0.25) is 5.91 Å². The molecule has 0 bridgehead atoms. The van der Waals surface area contributed by atoms with Gasteiger partial charge in [0.1, 0.15) is 0 Å². The van der Waals surface area contributed by atoms with Crippen LogP contribution < -0.4 is 5.32 Å². The highest BCUT2D eigenvalue weighted by atomic mass is 35.5. The summed E-state index contributed by atoms with van der Waals surface area (Å²) < 4.78 is 4.95. The fourth-order valence-corrected chi connectivity index (χ4v) is 3.03. The lowest BCUT2D eigenvalue weighted by atomic mass is 10.1. The number of nitrogens with one attached hydrogen (secondary N) is 1. The number of likely N-dealkylation sites (tertiary alicyclic amines) is 2. The van der Waals surface area contributed by atoms with Crippen molar-refractivity contribution in [1.29, 1.82) is 0 Å². The molecule has 0 spiro atoms. The van der Waals surface area contributed by atoms with Crippen LogP contribution in [0.25, 0.3) is 0 Å². The Kier molecular flexibility index (Phi) is 11.5. The van der Waals surface area contributed by atoms with Gasteiger partial charge < -0.3 is 15.0 Å². The van der Waals surface area contributed by atoms with Crippen molar-refractivity contribution in [1.82, 2.24) is 15.1 Å². The van der Waals surface area contributed by atoms with Crippen LogP contribution in [0.1, 0.15) is 25.7 Å². The molecule has 0 saturated carbocycles. The quantitative estimate of drug-likeness (QED) is 0.736. The second kappa shape index (κ2) is 11.5. The first kappa shape index (κ1) is 20.9. The van der Waals surface area contributed by atoms with Crippen LogP contribution in [-0.2, 0) is 9.53 Å². The second-order valence-corrected chi connectivity index (χ2v) is 5.55. The highest BCUT2D eigenvalue weighted by Gasteiger charge is 2.30. The van der Waals surface area contributed by atoms with Crippen molar-refractivity contribution in [3.63, 3.8) is 0 Å². The summed E-state index contributed by atoms with van der Waals surface area (Å²) in [6.07, 6.45) is 5.16. The Morgan fingerprint density at radius 2 is 1.90 bits per heavy atom. The lowest BCUT2D eigenvalue weighted by molar-refractivity contribution is -0.129. The summed E-state index contributed by atoms with van der Waals surface area (Å²) in [6.45, 7) is 6.12. The standard InChI is InChI=1S/C14H27N3O2.2ClH/c1-19-10-6-15-11-14(18)17-9-5-13(12-17)16-7-3-2-4-8-16;;/h13,15H,2-12H2,1H3;2*1H. The SMILES string of the molecule is COCCNCC(=O)N1CCC(N2CCCCC2)C1.Cl.Cl. The van der Waals surface area contributed by atoms with Gasteiger partial charge in [0.05, 0.1) is 13.2 Å². The molecule has 1 atom stereocenters. The molecule has 5 nitrogen and oxygen atoms in total. The van der Waals surface area contributed by atoms with Crippen LogP contribution in [-0.4, -0.2) is 74.7 Å². The minimum atomic E-state index is 0. The van der Waals surface area contributed by atoms with E-state index in [0.717, 1.165) is 26.1 Å². The number of nitrogens with zero attached hydrogens (tertiary/aromatic N) is 2. The van der Waals surface area contributed by atoms with Crippen LogP contribution in [0.4, 0.5) is 0 Å². The van der Waals surface area contributed by atoms with Gasteiger partial charge in [0.15, 0.2) is 0 Å². The van der Waals surface area contributed by atoms with E-state index in [1.807, 2.05) is 4.90 Å². The Balaban J connectivity index is 0.00000200. The number of hydrogen-bond donors (Lipinski definition) is 1. The number of halogens is 2. The van der Waals surface area contributed by atoms with Gasteiger partial charge in [0.25, 0.3) is 0 Å². The topological polar surface area (TPSA) is 44.8 Å². The number of ether oxygens (including phenoxy) is 1. The molecule has 126 valence electrons. The highest BCUT2D eigenvalue weighted by Crippen LogP contribution is 2.20. The smallest absolute Gasteiger partial charge is 0.236 e. The summed E-state index contributed by atoms with van der Waals surface area (Å²) in [5.41, 5.74) is 0. The Hall–Kier alpha value is -0.0700. The molecule has 21 heavy (non-hydrogen) atoms. The zero-order chi connectivity index (χ0) is 13.5. The molecule has 7 heteroatoms. The summed E-state index contributed by atoms with van der Waals surface area (Å²) in [6, 6.07) is 0.600. The van der Waals surface area contributed by atoms with Gasteiger partial charge in [-0.1, -0.05) is 6.42 Å². The van der Waals surface area contributed by atoms with E-state index in [1.54, 1.807) is 7.11 Å². The molecule has 1 N–H and O–H groups in total.